The molecule has 1 N–H and O–H groups in total. The molecule has 7 nitrogen and oxygen atoms in total. The smallest absolute Gasteiger partial charge is 0.264 e. The van der Waals surface area contributed by atoms with Gasteiger partial charge in [0, 0.05) is 13.1 Å². The first-order valence-corrected chi connectivity index (χ1v) is 14.2. The molecule has 0 unspecified atom stereocenters. The van der Waals surface area contributed by atoms with E-state index < -0.39 is 34.3 Å². The number of anilines is 1. The van der Waals surface area contributed by atoms with Gasteiger partial charge in [-0.05, 0) is 54.8 Å². The number of para-hydroxylation sites is 1. The lowest BCUT2D eigenvalue weighted by Gasteiger charge is -2.33. The zero-order valence-corrected chi connectivity index (χ0v) is 22.5. The van der Waals surface area contributed by atoms with Crippen LogP contribution in [0.4, 0.5) is 10.1 Å². The first-order chi connectivity index (χ1) is 18.3. The quantitative estimate of drug-likeness (QED) is 0.318. The SMILES string of the molecule is CCCCNC(=O)[C@H](CC)N(Cc1ccccc1)C(=O)CN(c1ccccc1)S(=O)(=O)c1ccc(F)cc1. The van der Waals surface area contributed by atoms with Crippen LogP contribution < -0.4 is 9.62 Å². The highest BCUT2D eigenvalue weighted by Gasteiger charge is 2.33. The minimum Gasteiger partial charge on any atom is -0.354 e. The Balaban J connectivity index is 1.99. The predicted molar refractivity (Wildman–Crippen MR) is 146 cm³/mol. The zero-order chi connectivity index (χ0) is 27.5. The molecule has 0 fully saturated rings. The number of amides is 2. The molecule has 3 rings (SSSR count). The molecule has 0 heterocycles. The van der Waals surface area contributed by atoms with Crippen molar-refractivity contribution < 1.29 is 22.4 Å². The van der Waals surface area contributed by atoms with Crippen molar-refractivity contribution in [1.29, 1.82) is 0 Å². The summed E-state index contributed by atoms with van der Waals surface area (Å²) in [6, 6.07) is 21.2. The Morgan fingerprint density at radius 2 is 1.50 bits per heavy atom. The van der Waals surface area contributed by atoms with E-state index in [9.17, 15) is 22.4 Å². The van der Waals surface area contributed by atoms with Gasteiger partial charge in [-0.25, -0.2) is 12.8 Å². The van der Waals surface area contributed by atoms with E-state index in [0.717, 1.165) is 34.8 Å². The summed E-state index contributed by atoms with van der Waals surface area (Å²) in [7, 11) is -4.22. The lowest BCUT2D eigenvalue weighted by Crippen LogP contribution is -2.52. The monoisotopic (exact) mass is 539 g/mol. The number of halogens is 1. The van der Waals surface area contributed by atoms with Gasteiger partial charge in [-0.15, -0.1) is 0 Å². The number of sulfonamides is 1. The average molecular weight is 540 g/mol. The highest BCUT2D eigenvalue weighted by Crippen LogP contribution is 2.25. The van der Waals surface area contributed by atoms with Gasteiger partial charge in [0.2, 0.25) is 11.8 Å². The van der Waals surface area contributed by atoms with Crippen molar-refractivity contribution in [3.05, 3.63) is 96.3 Å². The molecule has 0 saturated carbocycles. The van der Waals surface area contributed by atoms with Gasteiger partial charge in [0.1, 0.15) is 18.4 Å². The zero-order valence-electron chi connectivity index (χ0n) is 21.7. The number of carbonyl (C=O) groups is 2. The number of benzene rings is 3. The standard InChI is InChI=1S/C29H34FN3O4S/c1-3-5-20-31-29(35)27(4-2)32(21-23-12-8-6-9-13-23)28(34)22-33(25-14-10-7-11-15-25)38(36,37)26-18-16-24(30)17-19-26/h6-19,27H,3-5,20-22H2,1-2H3,(H,31,35)/t27-/m0/s1. The molecule has 2 amide bonds. The third-order valence-electron chi connectivity index (χ3n) is 6.14. The highest BCUT2D eigenvalue weighted by molar-refractivity contribution is 7.92. The molecule has 0 aliphatic carbocycles. The molecule has 0 saturated heterocycles. The van der Waals surface area contributed by atoms with Gasteiger partial charge >= 0.3 is 0 Å². The van der Waals surface area contributed by atoms with Gasteiger partial charge in [-0.1, -0.05) is 68.8 Å². The maximum absolute atomic E-state index is 13.9. The molecule has 3 aromatic carbocycles. The van der Waals surface area contributed by atoms with Gasteiger partial charge in [0.15, 0.2) is 0 Å². The highest BCUT2D eigenvalue weighted by atomic mass is 32.2. The van der Waals surface area contributed by atoms with E-state index in [1.807, 2.05) is 44.2 Å². The largest absolute Gasteiger partial charge is 0.354 e. The summed E-state index contributed by atoms with van der Waals surface area (Å²) in [5, 5.41) is 2.90. The van der Waals surface area contributed by atoms with Gasteiger partial charge in [0.05, 0.1) is 10.6 Å². The van der Waals surface area contributed by atoms with Crippen molar-refractivity contribution in [2.24, 2.45) is 0 Å². The van der Waals surface area contributed by atoms with Crippen LogP contribution in [0.5, 0.6) is 0 Å². The van der Waals surface area contributed by atoms with Gasteiger partial charge in [-0.3, -0.25) is 13.9 Å². The first kappa shape index (κ1) is 28.8. The molecule has 0 aromatic heterocycles. The number of unbranched alkanes of at least 4 members (excludes halogenated alkanes) is 1. The van der Waals surface area contributed by atoms with Crippen LogP contribution in [-0.2, 0) is 26.2 Å². The number of rotatable bonds is 13. The van der Waals surface area contributed by atoms with Crippen LogP contribution in [0.1, 0.15) is 38.7 Å². The lowest BCUT2D eigenvalue weighted by molar-refractivity contribution is -0.140. The fraction of sp³-hybridized carbons (Fsp3) is 0.310. The normalized spacial score (nSPS) is 12.0. The molecule has 0 spiro atoms. The third kappa shape index (κ3) is 7.41. The summed E-state index contributed by atoms with van der Waals surface area (Å²) >= 11 is 0. The second-order valence-electron chi connectivity index (χ2n) is 8.88. The van der Waals surface area contributed by atoms with Crippen LogP contribution in [0.3, 0.4) is 0 Å². The maximum atomic E-state index is 13.9. The number of nitrogens with zero attached hydrogens (tertiary/aromatic N) is 2. The summed E-state index contributed by atoms with van der Waals surface area (Å²) in [6.07, 6.45) is 2.08. The summed E-state index contributed by atoms with van der Waals surface area (Å²) in [4.78, 5) is 28.3. The molecule has 0 radical (unpaired) electrons. The van der Waals surface area contributed by atoms with E-state index in [1.165, 1.54) is 17.0 Å². The van der Waals surface area contributed by atoms with E-state index in [0.29, 0.717) is 13.0 Å². The predicted octanol–water partition coefficient (Wildman–Crippen LogP) is 4.74. The Kier molecular flexibility index (Phi) is 10.4. The Labute approximate surface area is 224 Å². The van der Waals surface area contributed by atoms with Crippen molar-refractivity contribution in [2.75, 3.05) is 17.4 Å². The molecule has 9 heteroatoms. The molecular weight excluding hydrogens is 505 g/mol. The van der Waals surface area contributed by atoms with E-state index >= 15 is 0 Å². The van der Waals surface area contributed by atoms with Crippen molar-refractivity contribution in [2.45, 2.75) is 50.6 Å². The van der Waals surface area contributed by atoms with Crippen LogP contribution in [-0.4, -0.2) is 44.3 Å². The Bertz CT molecular complexity index is 1290. The minimum absolute atomic E-state index is 0.138. The van der Waals surface area contributed by atoms with Crippen LogP contribution in [0.25, 0.3) is 0 Å². The number of hydrogen-bond donors (Lipinski definition) is 1. The van der Waals surface area contributed by atoms with Crippen molar-refractivity contribution >= 4 is 27.5 Å². The molecule has 0 aliphatic heterocycles. The Hall–Kier alpha value is -3.72. The third-order valence-corrected chi connectivity index (χ3v) is 7.92. The molecule has 3 aromatic rings. The fourth-order valence-electron chi connectivity index (χ4n) is 4.06. The minimum atomic E-state index is -4.22. The number of nitrogens with one attached hydrogen (secondary N) is 1. The van der Waals surface area contributed by atoms with Gasteiger partial charge < -0.3 is 10.2 Å². The van der Waals surface area contributed by atoms with Crippen LogP contribution in [0.2, 0.25) is 0 Å². The molecule has 0 bridgehead atoms. The van der Waals surface area contributed by atoms with E-state index in [4.69, 9.17) is 0 Å². The molecule has 38 heavy (non-hydrogen) atoms. The van der Waals surface area contributed by atoms with E-state index in [-0.39, 0.29) is 23.0 Å². The second-order valence-corrected chi connectivity index (χ2v) is 10.7. The van der Waals surface area contributed by atoms with Crippen LogP contribution in [0, 0.1) is 5.82 Å². The van der Waals surface area contributed by atoms with E-state index in [1.54, 1.807) is 30.3 Å². The summed E-state index contributed by atoms with van der Waals surface area (Å²) in [6.45, 7) is 3.94. The summed E-state index contributed by atoms with van der Waals surface area (Å²) in [5.74, 6) is -1.38. The summed E-state index contributed by atoms with van der Waals surface area (Å²) < 4.78 is 41.9. The average Bonchev–Trinajstić information content (AvgIpc) is 2.93. The first-order valence-electron chi connectivity index (χ1n) is 12.7. The van der Waals surface area contributed by atoms with Crippen molar-refractivity contribution in [3.8, 4) is 0 Å². The molecule has 1 atom stereocenters. The molecular formula is C29H34FN3O4S. The van der Waals surface area contributed by atoms with Gasteiger partial charge in [-0.2, -0.15) is 0 Å². The second kappa shape index (κ2) is 13.7. The Morgan fingerprint density at radius 1 is 0.895 bits per heavy atom. The van der Waals surface area contributed by atoms with Crippen molar-refractivity contribution in [1.82, 2.24) is 10.2 Å². The maximum Gasteiger partial charge on any atom is 0.264 e. The number of carbonyl (C=O) groups excluding carboxylic acids is 2. The fourth-order valence-corrected chi connectivity index (χ4v) is 5.48. The summed E-state index contributed by atoms with van der Waals surface area (Å²) in [5.41, 5.74) is 1.10. The van der Waals surface area contributed by atoms with Gasteiger partial charge in [0.25, 0.3) is 10.0 Å². The number of hydrogen-bond acceptors (Lipinski definition) is 4. The van der Waals surface area contributed by atoms with Crippen LogP contribution >= 0.6 is 0 Å². The molecule has 0 aliphatic rings. The van der Waals surface area contributed by atoms with Crippen LogP contribution in [0.15, 0.2) is 89.8 Å². The molecule has 202 valence electrons. The van der Waals surface area contributed by atoms with Crippen molar-refractivity contribution in [3.63, 3.8) is 0 Å². The lowest BCUT2D eigenvalue weighted by atomic mass is 10.1. The Morgan fingerprint density at radius 3 is 2.08 bits per heavy atom. The van der Waals surface area contributed by atoms with E-state index in [2.05, 4.69) is 5.32 Å². The topological polar surface area (TPSA) is 86.8 Å².